The lowest BCUT2D eigenvalue weighted by Crippen LogP contribution is -2.27. The first-order valence-electron chi connectivity index (χ1n) is 8.79. The number of rotatable bonds is 15. The van der Waals surface area contributed by atoms with Crippen LogP contribution in [0.3, 0.4) is 0 Å². The molecule has 0 rings (SSSR count). The summed E-state index contributed by atoms with van der Waals surface area (Å²) in [7, 11) is 0. The molecule has 130 valence electrons. The third-order valence-corrected chi connectivity index (χ3v) is 3.84. The van der Waals surface area contributed by atoms with Gasteiger partial charge in [0.2, 0.25) is 0 Å². The summed E-state index contributed by atoms with van der Waals surface area (Å²) in [6.45, 7) is 2.17. The molecule has 3 N–H and O–H groups in total. The topological polar surface area (TPSA) is 77.8 Å². The second kappa shape index (κ2) is 13.8. The molecule has 0 aromatic rings. The first-order valence-corrected chi connectivity index (χ1v) is 8.79. The van der Waals surface area contributed by atoms with Crippen molar-refractivity contribution in [1.29, 1.82) is 0 Å². The van der Waals surface area contributed by atoms with Crippen LogP contribution in [0.2, 0.25) is 0 Å². The fraction of sp³-hybridized carbons (Fsp3) is 0.833. The standard InChI is InChI=1S/C18H34O4/c1-2-3-4-9-12-15-18(21,22)16-13-10-7-5-6-8-11-14-17(19)20/h8,11,21-22H,2-7,9-10,12-16H2,1H3,(H,19,20)/b11-8+. The quantitative estimate of drug-likeness (QED) is 0.238. The Bertz CT molecular complexity index is 297. The molecule has 0 aliphatic carbocycles. The number of hydrogen-bond acceptors (Lipinski definition) is 3. The molecule has 0 spiro atoms. The minimum atomic E-state index is -1.49. The van der Waals surface area contributed by atoms with E-state index >= 15 is 0 Å². The largest absolute Gasteiger partial charge is 0.481 e. The molecular formula is C18H34O4. The van der Waals surface area contributed by atoms with Crippen LogP contribution in [-0.4, -0.2) is 27.1 Å². The number of carbonyl (C=O) groups is 1. The van der Waals surface area contributed by atoms with Crippen molar-refractivity contribution >= 4 is 5.97 Å². The number of allylic oxidation sites excluding steroid dienone is 1. The Hall–Kier alpha value is -0.870. The van der Waals surface area contributed by atoms with Gasteiger partial charge in [-0.3, -0.25) is 4.79 Å². The van der Waals surface area contributed by atoms with Gasteiger partial charge in [-0.2, -0.15) is 0 Å². The lowest BCUT2D eigenvalue weighted by molar-refractivity contribution is -0.172. The summed E-state index contributed by atoms with van der Waals surface area (Å²) in [4.78, 5) is 10.3. The molecule has 4 heteroatoms. The number of aliphatic hydroxyl groups is 2. The van der Waals surface area contributed by atoms with Gasteiger partial charge in [0.05, 0.1) is 6.42 Å². The summed E-state index contributed by atoms with van der Waals surface area (Å²) in [5, 5.41) is 28.2. The molecule has 0 fully saturated rings. The molecule has 0 bridgehead atoms. The Morgan fingerprint density at radius 2 is 1.41 bits per heavy atom. The van der Waals surface area contributed by atoms with E-state index in [1.165, 1.54) is 19.3 Å². The van der Waals surface area contributed by atoms with Crippen LogP contribution in [0.4, 0.5) is 0 Å². The van der Waals surface area contributed by atoms with Crippen LogP contribution in [0.25, 0.3) is 0 Å². The van der Waals surface area contributed by atoms with E-state index in [9.17, 15) is 15.0 Å². The van der Waals surface area contributed by atoms with Crippen LogP contribution in [0.1, 0.15) is 90.4 Å². The Kier molecular flexibility index (Phi) is 13.2. The highest BCUT2D eigenvalue weighted by Crippen LogP contribution is 2.20. The zero-order valence-electron chi connectivity index (χ0n) is 14.1. The summed E-state index contributed by atoms with van der Waals surface area (Å²) in [6, 6.07) is 0. The van der Waals surface area contributed by atoms with Crippen LogP contribution in [0.5, 0.6) is 0 Å². The van der Waals surface area contributed by atoms with Gasteiger partial charge in [-0.15, -0.1) is 0 Å². The Balaban J connectivity index is 3.44. The van der Waals surface area contributed by atoms with Crippen molar-refractivity contribution in [1.82, 2.24) is 0 Å². The molecule has 0 amide bonds. The summed E-state index contributed by atoms with van der Waals surface area (Å²) in [6.07, 6.45) is 15.0. The van der Waals surface area contributed by atoms with Gasteiger partial charge < -0.3 is 15.3 Å². The predicted molar refractivity (Wildman–Crippen MR) is 89.6 cm³/mol. The third-order valence-electron chi connectivity index (χ3n) is 3.84. The molecule has 22 heavy (non-hydrogen) atoms. The van der Waals surface area contributed by atoms with Crippen LogP contribution in [0.15, 0.2) is 12.2 Å². The average molecular weight is 314 g/mol. The summed E-state index contributed by atoms with van der Waals surface area (Å²) in [5.74, 6) is -2.29. The normalized spacial score (nSPS) is 12.1. The van der Waals surface area contributed by atoms with Crippen molar-refractivity contribution in [2.75, 3.05) is 0 Å². The molecule has 0 unspecified atom stereocenters. The zero-order valence-corrected chi connectivity index (χ0v) is 14.1. The molecule has 0 radical (unpaired) electrons. The number of carboxylic acids is 1. The van der Waals surface area contributed by atoms with Crippen LogP contribution >= 0.6 is 0 Å². The second-order valence-corrected chi connectivity index (χ2v) is 6.17. The van der Waals surface area contributed by atoms with Crippen molar-refractivity contribution in [2.24, 2.45) is 0 Å². The molecule has 0 aromatic heterocycles. The van der Waals surface area contributed by atoms with Gasteiger partial charge in [-0.05, 0) is 25.7 Å². The average Bonchev–Trinajstić information content (AvgIpc) is 2.45. The highest BCUT2D eigenvalue weighted by Gasteiger charge is 2.21. The number of carboxylic acid groups (broad SMARTS) is 1. The molecular weight excluding hydrogens is 280 g/mol. The van der Waals surface area contributed by atoms with E-state index in [2.05, 4.69) is 6.92 Å². The Morgan fingerprint density at radius 3 is 1.95 bits per heavy atom. The van der Waals surface area contributed by atoms with Gasteiger partial charge in [0.25, 0.3) is 0 Å². The molecule has 4 nitrogen and oxygen atoms in total. The van der Waals surface area contributed by atoms with Gasteiger partial charge in [0, 0.05) is 12.8 Å². The zero-order chi connectivity index (χ0) is 16.7. The predicted octanol–water partition coefficient (Wildman–Crippen LogP) is 4.40. The third kappa shape index (κ3) is 15.5. The van der Waals surface area contributed by atoms with E-state index in [0.29, 0.717) is 12.8 Å². The number of unbranched alkanes of at least 4 members (excludes halogenated alkanes) is 8. The summed E-state index contributed by atoms with van der Waals surface area (Å²) in [5.41, 5.74) is 0. The number of aliphatic carboxylic acids is 1. The van der Waals surface area contributed by atoms with E-state index < -0.39 is 11.8 Å². The van der Waals surface area contributed by atoms with Crippen LogP contribution in [-0.2, 0) is 4.79 Å². The molecule has 0 atom stereocenters. The maximum Gasteiger partial charge on any atom is 0.307 e. The van der Waals surface area contributed by atoms with E-state index in [1.54, 1.807) is 6.08 Å². The van der Waals surface area contributed by atoms with Gasteiger partial charge in [-0.1, -0.05) is 57.6 Å². The minimum Gasteiger partial charge on any atom is -0.481 e. The summed E-state index contributed by atoms with van der Waals surface area (Å²) < 4.78 is 0. The van der Waals surface area contributed by atoms with Crippen molar-refractivity contribution in [3.05, 3.63) is 12.2 Å². The fourth-order valence-corrected chi connectivity index (χ4v) is 2.46. The SMILES string of the molecule is CCCCCCCC(O)(O)CCCCCC/C=C/CC(=O)O. The van der Waals surface area contributed by atoms with E-state index in [-0.39, 0.29) is 6.42 Å². The van der Waals surface area contributed by atoms with Gasteiger partial charge in [0.1, 0.15) is 0 Å². The monoisotopic (exact) mass is 314 g/mol. The molecule has 0 saturated carbocycles. The van der Waals surface area contributed by atoms with E-state index in [1.807, 2.05) is 6.08 Å². The van der Waals surface area contributed by atoms with E-state index in [0.717, 1.165) is 44.9 Å². The Labute approximate surface area is 135 Å². The van der Waals surface area contributed by atoms with Crippen molar-refractivity contribution in [2.45, 2.75) is 96.2 Å². The first kappa shape index (κ1) is 21.1. The fourth-order valence-electron chi connectivity index (χ4n) is 2.46. The molecule has 0 saturated heterocycles. The molecule has 0 aromatic carbocycles. The molecule has 0 heterocycles. The Morgan fingerprint density at radius 1 is 0.864 bits per heavy atom. The van der Waals surface area contributed by atoms with Crippen LogP contribution in [0, 0.1) is 0 Å². The molecule has 0 aliphatic rings. The van der Waals surface area contributed by atoms with Crippen molar-refractivity contribution in [3.8, 4) is 0 Å². The van der Waals surface area contributed by atoms with Crippen LogP contribution < -0.4 is 0 Å². The molecule has 0 aliphatic heterocycles. The van der Waals surface area contributed by atoms with Gasteiger partial charge in [0.15, 0.2) is 5.79 Å². The first-order chi connectivity index (χ1) is 10.5. The van der Waals surface area contributed by atoms with E-state index in [4.69, 9.17) is 5.11 Å². The maximum atomic E-state index is 10.3. The lowest BCUT2D eigenvalue weighted by Gasteiger charge is -2.21. The van der Waals surface area contributed by atoms with Crippen molar-refractivity contribution in [3.63, 3.8) is 0 Å². The second-order valence-electron chi connectivity index (χ2n) is 6.17. The van der Waals surface area contributed by atoms with Crippen molar-refractivity contribution < 1.29 is 20.1 Å². The lowest BCUT2D eigenvalue weighted by atomic mass is 9.99. The highest BCUT2D eigenvalue weighted by atomic mass is 16.5. The number of hydrogen-bond donors (Lipinski definition) is 3. The van der Waals surface area contributed by atoms with Gasteiger partial charge in [-0.25, -0.2) is 0 Å². The summed E-state index contributed by atoms with van der Waals surface area (Å²) >= 11 is 0. The smallest absolute Gasteiger partial charge is 0.307 e. The van der Waals surface area contributed by atoms with Gasteiger partial charge >= 0.3 is 5.97 Å². The minimum absolute atomic E-state index is 0.0931. The highest BCUT2D eigenvalue weighted by molar-refractivity contribution is 5.68. The maximum absolute atomic E-state index is 10.3.